The largest absolute Gasteiger partial charge is 0.261 e. The van der Waals surface area contributed by atoms with Crippen LogP contribution in [0, 0.1) is 6.92 Å². The number of aryl methyl sites for hydroxylation is 1. The highest BCUT2D eigenvalue weighted by Gasteiger charge is 2.10. The van der Waals surface area contributed by atoms with Gasteiger partial charge in [0, 0.05) is 11.9 Å². The van der Waals surface area contributed by atoms with Gasteiger partial charge in [-0.05, 0) is 43.4 Å². The molecule has 0 saturated heterocycles. The van der Waals surface area contributed by atoms with Crippen molar-refractivity contribution >= 4 is 17.2 Å². The zero-order valence-corrected chi connectivity index (χ0v) is 9.80. The molecule has 0 N–H and O–H groups in total. The Morgan fingerprint density at radius 2 is 2.20 bits per heavy atom. The van der Waals surface area contributed by atoms with E-state index in [1.54, 1.807) is 0 Å². The van der Waals surface area contributed by atoms with Gasteiger partial charge in [0.25, 0.3) is 0 Å². The molecule has 0 aromatic carbocycles. The van der Waals surface area contributed by atoms with Gasteiger partial charge in [-0.2, -0.15) is 0 Å². The first-order valence-electron chi connectivity index (χ1n) is 5.53. The number of hydrogen-bond donors (Lipinski definition) is 0. The van der Waals surface area contributed by atoms with E-state index in [1.165, 1.54) is 24.0 Å². The number of pyridine rings is 1. The molecule has 0 saturated carbocycles. The maximum atomic E-state index is 6.20. The third-order valence-corrected chi connectivity index (χ3v) is 3.18. The van der Waals surface area contributed by atoms with Crippen molar-refractivity contribution in [3.8, 4) is 0 Å². The summed E-state index contributed by atoms with van der Waals surface area (Å²) in [6.07, 6.45) is 8.85. The standard InChI is InChI=1S/C13H16ClN/c1-10-6-7-12(9-15-10)11-4-2-3-5-13(14)8-11/h6-9,13H,2-5H2,1H3. The molecular formula is C13H16ClN. The first-order chi connectivity index (χ1) is 7.25. The van der Waals surface area contributed by atoms with E-state index >= 15 is 0 Å². The van der Waals surface area contributed by atoms with Crippen molar-refractivity contribution in [1.29, 1.82) is 0 Å². The topological polar surface area (TPSA) is 12.9 Å². The van der Waals surface area contributed by atoms with Crippen molar-refractivity contribution < 1.29 is 0 Å². The van der Waals surface area contributed by atoms with Crippen molar-refractivity contribution in [1.82, 2.24) is 4.98 Å². The lowest BCUT2D eigenvalue weighted by atomic mass is 10.0. The highest BCUT2D eigenvalue weighted by Crippen LogP contribution is 2.27. The van der Waals surface area contributed by atoms with Gasteiger partial charge in [0.1, 0.15) is 0 Å². The molecule has 0 amide bonds. The van der Waals surface area contributed by atoms with E-state index in [1.807, 2.05) is 13.1 Å². The molecule has 15 heavy (non-hydrogen) atoms. The van der Waals surface area contributed by atoms with E-state index in [0.717, 1.165) is 18.5 Å². The molecule has 1 aromatic heterocycles. The minimum absolute atomic E-state index is 0.198. The van der Waals surface area contributed by atoms with Crippen LogP contribution in [0.1, 0.15) is 36.9 Å². The third kappa shape index (κ3) is 2.82. The van der Waals surface area contributed by atoms with Crippen LogP contribution >= 0.6 is 11.6 Å². The predicted octanol–water partition coefficient (Wildman–Crippen LogP) is 3.95. The van der Waals surface area contributed by atoms with Crippen molar-refractivity contribution in [2.45, 2.75) is 38.0 Å². The van der Waals surface area contributed by atoms with E-state index in [4.69, 9.17) is 11.6 Å². The Morgan fingerprint density at radius 1 is 1.33 bits per heavy atom. The zero-order valence-electron chi connectivity index (χ0n) is 9.04. The molecule has 0 spiro atoms. The summed E-state index contributed by atoms with van der Waals surface area (Å²) in [4.78, 5) is 4.33. The first-order valence-corrected chi connectivity index (χ1v) is 5.97. The van der Waals surface area contributed by atoms with Crippen LogP contribution in [0.25, 0.3) is 5.57 Å². The van der Waals surface area contributed by atoms with Gasteiger partial charge in [0.15, 0.2) is 0 Å². The monoisotopic (exact) mass is 221 g/mol. The lowest BCUT2D eigenvalue weighted by Crippen LogP contribution is -1.92. The predicted molar refractivity (Wildman–Crippen MR) is 65.1 cm³/mol. The number of allylic oxidation sites excluding steroid dienone is 2. The fourth-order valence-corrected chi connectivity index (χ4v) is 2.24. The maximum absolute atomic E-state index is 6.20. The van der Waals surface area contributed by atoms with Gasteiger partial charge in [0.2, 0.25) is 0 Å². The summed E-state index contributed by atoms with van der Waals surface area (Å²) in [5, 5.41) is 0.198. The highest BCUT2D eigenvalue weighted by atomic mass is 35.5. The van der Waals surface area contributed by atoms with Gasteiger partial charge in [-0.25, -0.2) is 0 Å². The van der Waals surface area contributed by atoms with Gasteiger partial charge in [0.05, 0.1) is 5.38 Å². The fourth-order valence-electron chi connectivity index (χ4n) is 1.94. The Morgan fingerprint density at radius 3 is 2.93 bits per heavy atom. The van der Waals surface area contributed by atoms with E-state index in [2.05, 4.69) is 23.2 Å². The summed E-state index contributed by atoms with van der Waals surface area (Å²) >= 11 is 6.20. The summed E-state index contributed by atoms with van der Waals surface area (Å²) in [5.74, 6) is 0. The molecule has 1 unspecified atom stereocenters. The first kappa shape index (κ1) is 10.7. The lowest BCUT2D eigenvalue weighted by molar-refractivity contribution is 0.724. The summed E-state index contributed by atoms with van der Waals surface area (Å²) < 4.78 is 0. The average Bonchev–Trinajstić information content (AvgIpc) is 2.44. The Kier molecular flexibility index (Phi) is 3.42. The Hall–Kier alpha value is -0.820. The van der Waals surface area contributed by atoms with Crippen LogP contribution in [0.2, 0.25) is 0 Å². The van der Waals surface area contributed by atoms with E-state index in [0.29, 0.717) is 0 Å². The minimum Gasteiger partial charge on any atom is -0.261 e. The molecule has 1 aromatic rings. The second-order valence-corrected chi connectivity index (χ2v) is 4.70. The van der Waals surface area contributed by atoms with Crippen molar-refractivity contribution in [3.63, 3.8) is 0 Å². The smallest absolute Gasteiger partial charge is 0.0521 e. The molecule has 1 aliphatic rings. The van der Waals surface area contributed by atoms with Crippen LogP contribution in [-0.4, -0.2) is 10.4 Å². The van der Waals surface area contributed by atoms with Crippen molar-refractivity contribution in [2.75, 3.05) is 0 Å². The van der Waals surface area contributed by atoms with Crippen LogP contribution in [0.4, 0.5) is 0 Å². The SMILES string of the molecule is Cc1ccc(C2=CC(Cl)CCCC2)cn1. The normalized spacial score (nSPS) is 22.0. The Balaban J connectivity index is 2.24. The molecule has 80 valence electrons. The van der Waals surface area contributed by atoms with Crippen molar-refractivity contribution in [3.05, 3.63) is 35.7 Å². The number of rotatable bonds is 1. The molecule has 0 radical (unpaired) electrons. The van der Waals surface area contributed by atoms with Gasteiger partial charge >= 0.3 is 0 Å². The van der Waals surface area contributed by atoms with Gasteiger partial charge in [-0.15, -0.1) is 11.6 Å². The van der Waals surface area contributed by atoms with Crippen molar-refractivity contribution in [2.24, 2.45) is 0 Å². The number of aromatic nitrogens is 1. The molecule has 2 rings (SSSR count). The Labute approximate surface area is 96.2 Å². The number of hydrogen-bond acceptors (Lipinski definition) is 1. The molecule has 1 atom stereocenters. The van der Waals surface area contributed by atoms with E-state index in [-0.39, 0.29) is 5.38 Å². The third-order valence-electron chi connectivity index (χ3n) is 2.84. The molecule has 0 aliphatic heterocycles. The van der Waals surface area contributed by atoms with Crippen LogP contribution in [0.15, 0.2) is 24.4 Å². The summed E-state index contributed by atoms with van der Waals surface area (Å²) in [6, 6.07) is 4.20. The summed E-state index contributed by atoms with van der Waals surface area (Å²) in [7, 11) is 0. The second kappa shape index (κ2) is 4.80. The number of alkyl halides is 1. The molecule has 1 heterocycles. The lowest BCUT2D eigenvalue weighted by Gasteiger charge is -2.05. The van der Waals surface area contributed by atoms with Crippen LogP contribution < -0.4 is 0 Å². The van der Waals surface area contributed by atoms with Crippen LogP contribution in [0.5, 0.6) is 0 Å². The molecule has 1 aliphatic carbocycles. The molecule has 0 bridgehead atoms. The summed E-state index contributed by atoms with van der Waals surface area (Å²) in [6.45, 7) is 2.01. The number of halogens is 1. The molecule has 0 fully saturated rings. The van der Waals surface area contributed by atoms with Crippen LogP contribution in [-0.2, 0) is 0 Å². The quantitative estimate of drug-likeness (QED) is 0.655. The average molecular weight is 222 g/mol. The highest BCUT2D eigenvalue weighted by molar-refractivity contribution is 6.22. The maximum Gasteiger partial charge on any atom is 0.0521 e. The van der Waals surface area contributed by atoms with Gasteiger partial charge < -0.3 is 0 Å². The molecule has 1 nitrogen and oxygen atoms in total. The second-order valence-electron chi connectivity index (χ2n) is 4.14. The van der Waals surface area contributed by atoms with E-state index < -0.39 is 0 Å². The minimum atomic E-state index is 0.198. The van der Waals surface area contributed by atoms with Crippen LogP contribution in [0.3, 0.4) is 0 Å². The van der Waals surface area contributed by atoms with Gasteiger partial charge in [-0.1, -0.05) is 18.6 Å². The zero-order chi connectivity index (χ0) is 10.7. The Bertz CT molecular complexity index is 353. The van der Waals surface area contributed by atoms with E-state index in [9.17, 15) is 0 Å². The molecule has 2 heteroatoms. The van der Waals surface area contributed by atoms with Gasteiger partial charge in [-0.3, -0.25) is 4.98 Å². The number of nitrogens with zero attached hydrogens (tertiary/aromatic N) is 1. The molecular weight excluding hydrogens is 206 g/mol. The summed E-state index contributed by atoms with van der Waals surface area (Å²) in [5.41, 5.74) is 3.66. The fraction of sp³-hybridized carbons (Fsp3) is 0.462.